The number of aromatic nitrogens is 2. The molecule has 0 bridgehead atoms. The van der Waals surface area contributed by atoms with Crippen molar-refractivity contribution in [3.63, 3.8) is 0 Å². The van der Waals surface area contributed by atoms with Crippen LogP contribution in [0.25, 0.3) is 0 Å². The molecule has 2 heterocycles. The Morgan fingerprint density at radius 2 is 2.19 bits per heavy atom. The van der Waals surface area contributed by atoms with Crippen LogP contribution in [0.5, 0.6) is 0 Å². The molecule has 3 rings (SSSR count). The first-order chi connectivity index (χ1) is 12.5. The standard InChI is InChI=1S/C18H22ClN5O2/c1-3-14-6-4-5-9-23(14)18-16(24(25)26)17(20-11-21-18)22-15-8-7-13(19)10-12(15)2/h7-8,10-11,14H,3-6,9H2,1-2H3,(H,20,21,22). The molecule has 1 N–H and O–H groups in total. The largest absolute Gasteiger partial charge is 0.353 e. The SMILES string of the molecule is CCC1CCCCN1c1ncnc(Nc2ccc(Cl)cc2C)c1[N+](=O)[O-]. The lowest BCUT2D eigenvalue weighted by atomic mass is 10.00. The molecule has 1 aromatic heterocycles. The van der Waals surface area contributed by atoms with Crippen molar-refractivity contribution in [2.24, 2.45) is 0 Å². The van der Waals surface area contributed by atoms with E-state index < -0.39 is 4.92 Å². The van der Waals surface area contributed by atoms with Crippen molar-refractivity contribution in [2.45, 2.75) is 45.6 Å². The number of halogens is 1. The van der Waals surface area contributed by atoms with E-state index in [1.54, 1.807) is 18.2 Å². The van der Waals surface area contributed by atoms with Crippen molar-refractivity contribution in [3.8, 4) is 0 Å². The first-order valence-electron chi connectivity index (χ1n) is 8.80. The van der Waals surface area contributed by atoms with Gasteiger partial charge in [0.05, 0.1) is 4.92 Å². The average Bonchev–Trinajstić information content (AvgIpc) is 2.63. The van der Waals surface area contributed by atoms with Gasteiger partial charge in [0.2, 0.25) is 11.6 Å². The second kappa shape index (κ2) is 7.86. The minimum absolute atomic E-state index is 0.0813. The summed E-state index contributed by atoms with van der Waals surface area (Å²) in [5.74, 6) is 0.594. The van der Waals surface area contributed by atoms with Crippen molar-refractivity contribution >= 4 is 34.6 Å². The van der Waals surface area contributed by atoms with Gasteiger partial charge in [-0.3, -0.25) is 10.1 Å². The van der Waals surface area contributed by atoms with E-state index >= 15 is 0 Å². The number of anilines is 3. The monoisotopic (exact) mass is 375 g/mol. The summed E-state index contributed by atoms with van der Waals surface area (Å²) in [6, 6.07) is 5.60. The third-order valence-corrected chi connectivity index (χ3v) is 5.03. The van der Waals surface area contributed by atoms with Crippen LogP contribution in [0.4, 0.5) is 23.0 Å². The number of aryl methyl sites for hydroxylation is 1. The van der Waals surface area contributed by atoms with Gasteiger partial charge >= 0.3 is 5.69 Å². The summed E-state index contributed by atoms with van der Waals surface area (Å²) in [6.07, 6.45) is 5.49. The van der Waals surface area contributed by atoms with Crippen LogP contribution in [0.2, 0.25) is 5.02 Å². The maximum absolute atomic E-state index is 11.8. The number of piperidine rings is 1. The predicted octanol–water partition coefficient (Wildman–Crippen LogP) is 4.86. The van der Waals surface area contributed by atoms with E-state index in [9.17, 15) is 10.1 Å². The molecule has 1 atom stereocenters. The first-order valence-corrected chi connectivity index (χ1v) is 9.18. The molecular weight excluding hydrogens is 354 g/mol. The number of nitrogens with one attached hydrogen (secondary N) is 1. The average molecular weight is 376 g/mol. The lowest BCUT2D eigenvalue weighted by Gasteiger charge is -2.35. The highest BCUT2D eigenvalue weighted by atomic mass is 35.5. The third-order valence-electron chi connectivity index (χ3n) is 4.80. The number of hydrogen-bond acceptors (Lipinski definition) is 6. The third kappa shape index (κ3) is 3.72. The topological polar surface area (TPSA) is 84.2 Å². The highest BCUT2D eigenvalue weighted by Crippen LogP contribution is 2.37. The summed E-state index contributed by atoms with van der Waals surface area (Å²) < 4.78 is 0. The van der Waals surface area contributed by atoms with Crippen molar-refractivity contribution in [2.75, 3.05) is 16.8 Å². The van der Waals surface area contributed by atoms with E-state index in [4.69, 9.17) is 11.6 Å². The molecule has 8 heteroatoms. The Morgan fingerprint density at radius 3 is 2.88 bits per heavy atom. The molecule has 0 spiro atoms. The van der Waals surface area contributed by atoms with Gasteiger partial charge in [-0.25, -0.2) is 9.97 Å². The fourth-order valence-electron chi connectivity index (χ4n) is 3.44. The molecule has 26 heavy (non-hydrogen) atoms. The molecule has 7 nitrogen and oxygen atoms in total. The first kappa shape index (κ1) is 18.4. The molecule has 1 aliphatic rings. The lowest BCUT2D eigenvalue weighted by molar-refractivity contribution is -0.383. The maximum atomic E-state index is 11.8. The Balaban J connectivity index is 2.02. The zero-order valence-corrected chi connectivity index (χ0v) is 15.7. The van der Waals surface area contributed by atoms with Gasteiger partial charge < -0.3 is 10.2 Å². The van der Waals surface area contributed by atoms with E-state index in [-0.39, 0.29) is 17.5 Å². The van der Waals surface area contributed by atoms with Crippen molar-refractivity contribution in [1.82, 2.24) is 9.97 Å². The summed E-state index contributed by atoms with van der Waals surface area (Å²) in [6.45, 7) is 4.77. The molecule has 138 valence electrons. The summed E-state index contributed by atoms with van der Waals surface area (Å²) in [5.41, 5.74) is 1.53. The molecule has 1 aliphatic heterocycles. The summed E-state index contributed by atoms with van der Waals surface area (Å²) in [7, 11) is 0. The molecule has 0 saturated carbocycles. The van der Waals surface area contributed by atoms with E-state index in [0.29, 0.717) is 10.8 Å². The molecule has 1 unspecified atom stereocenters. The maximum Gasteiger partial charge on any atom is 0.353 e. The Morgan fingerprint density at radius 1 is 1.38 bits per heavy atom. The van der Waals surface area contributed by atoms with Crippen LogP contribution in [-0.4, -0.2) is 27.5 Å². The number of hydrogen-bond donors (Lipinski definition) is 1. The van der Waals surface area contributed by atoms with Crippen LogP contribution >= 0.6 is 11.6 Å². The van der Waals surface area contributed by atoms with Gasteiger partial charge in [0, 0.05) is 23.3 Å². The second-order valence-electron chi connectivity index (χ2n) is 6.49. The predicted molar refractivity (Wildman–Crippen MR) is 103 cm³/mol. The van der Waals surface area contributed by atoms with E-state index in [0.717, 1.165) is 43.5 Å². The molecule has 0 amide bonds. The van der Waals surface area contributed by atoms with Gasteiger partial charge in [-0.1, -0.05) is 18.5 Å². The number of rotatable bonds is 5. The van der Waals surface area contributed by atoms with Crippen LogP contribution in [0.15, 0.2) is 24.5 Å². The lowest BCUT2D eigenvalue weighted by Crippen LogP contribution is -2.40. The molecule has 0 radical (unpaired) electrons. The van der Waals surface area contributed by atoms with Gasteiger partial charge in [0.15, 0.2) is 0 Å². The zero-order valence-electron chi connectivity index (χ0n) is 14.9. The van der Waals surface area contributed by atoms with E-state index in [1.807, 2.05) is 6.92 Å². The van der Waals surface area contributed by atoms with Crippen molar-refractivity contribution in [1.29, 1.82) is 0 Å². The molecule has 2 aromatic rings. The Hall–Kier alpha value is -2.41. The van der Waals surface area contributed by atoms with Crippen LogP contribution < -0.4 is 10.2 Å². The molecule has 1 saturated heterocycles. The van der Waals surface area contributed by atoms with Gasteiger partial charge in [0.1, 0.15) is 6.33 Å². The minimum atomic E-state index is -0.399. The van der Waals surface area contributed by atoms with Crippen LogP contribution in [0.3, 0.4) is 0 Å². The molecule has 1 aromatic carbocycles. The summed E-state index contributed by atoms with van der Waals surface area (Å²) in [5, 5.41) is 15.5. The second-order valence-corrected chi connectivity index (χ2v) is 6.92. The molecule has 0 aliphatic carbocycles. The van der Waals surface area contributed by atoms with Crippen LogP contribution in [0.1, 0.15) is 38.2 Å². The van der Waals surface area contributed by atoms with Gasteiger partial charge in [-0.15, -0.1) is 0 Å². The van der Waals surface area contributed by atoms with Gasteiger partial charge in [-0.05, 0) is 56.4 Å². The fraction of sp³-hybridized carbons (Fsp3) is 0.444. The molecular formula is C18H22ClN5O2. The number of nitro groups is 1. The van der Waals surface area contributed by atoms with Crippen LogP contribution in [-0.2, 0) is 0 Å². The van der Waals surface area contributed by atoms with Gasteiger partial charge in [-0.2, -0.15) is 0 Å². The highest BCUT2D eigenvalue weighted by Gasteiger charge is 2.31. The summed E-state index contributed by atoms with van der Waals surface area (Å²) in [4.78, 5) is 21.9. The Kier molecular flexibility index (Phi) is 5.56. The van der Waals surface area contributed by atoms with Crippen molar-refractivity contribution < 1.29 is 4.92 Å². The number of nitrogens with zero attached hydrogens (tertiary/aromatic N) is 4. The normalized spacial score (nSPS) is 17.2. The minimum Gasteiger partial charge on any atom is -0.348 e. The fourth-order valence-corrected chi connectivity index (χ4v) is 3.66. The van der Waals surface area contributed by atoms with E-state index in [1.165, 1.54) is 6.33 Å². The molecule has 1 fully saturated rings. The summed E-state index contributed by atoms with van der Waals surface area (Å²) >= 11 is 5.99. The van der Waals surface area contributed by atoms with E-state index in [2.05, 4.69) is 27.1 Å². The van der Waals surface area contributed by atoms with Crippen LogP contribution in [0, 0.1) is 17.0 Å². The van der Waals surface area contributed by atoms with Gasteiger partial charge in [0.25, 0.3) is 0 Å². The smallest absolute Gasteiger partial charge is 0.348 e. The number of benzene rings is 1. The van der Waals surface area contributed by atoms with Crippen molar-refractivity contribution in [3.05, 3.63) is 45.2 Å². The highest BCUT2D eigenvalue weighted by molar-refractivity contribution is 6.30. The quantitative estimate of drug-likeness (QED) is 0.593. The zero-order chi connectivity index (χ0) is 18.7. The Labute approximate surface area is 157 Å². The Bertz CT molecular complexity index is 814.